The number of aliphatic carboxylic acids is 1. The van der Waals surface area contributed by atoms with Gasteiger partial charge in [-0.05, 0) is 12.5 Å². The van der Waals surface area contributed by atoms with Crippen LogP contribution in [0.3, 0.4) is 0 Å². The third kappa shape index (κ3) is 2.52. The number of carboxylic acid groups (broad SMARTS) is 1. The zero-order valence-electron chi connectivity index (χ0n) is 8.27. The Labute approximate surface area is 86.8 Å². The number of phenols is 2. The monoisotopic (exact) mass is 211 g/mol. The Kier molecular flexibility index (Phi) is 3.04. The van der Waals surface area contributed by atoms with Crippen molar-refractivity contribution in [2.45, 2.75) is 13.3 Å². The fourth-order valence-corrected chi connectivity index (χ4v) is 1.27. The summed E-state index contributed by atoms with van der Waals surface area (Å²) in [5.74, 6) is -1.85. The summed E-state index contributed by atoms with van der Waals surface area (Å²) in [6.07, 6.45) is 0.125. The van der Waals surface area contributed by atoms with Gasteiger partial charge < -0.3 is 21.1 Å². The first kappa shape index (κ1) is 11.2. The quantitative estimate of drug-likeness (QED) is 0.338. The van der Waals surface area contributed by atoms with E-state index in [1.54, 1.807) is 0 Å². The van der Waals surface area contributed by atoms with Crippen LogP contribution >= 0.6 is 0 Å². The molecule has 1 rings (SSSR count). The number of carboxylic acids is 1. The van der Waals surface area contributed by atoms with Crippen molar-refractivity contribution in [2.24, 2.45) is 5.92 Å². The van der Waals surface area contributed by atoms with Crippen LogP contribution in [0.25, 0.3) is 0 Å². The van der Waals surface area contributed by atoms with Crippen LogP contribution in [-0.2, 0) is 11.2 Å². The normalized spacial score (nSPS) is 12.3. The molecule has 0 aliphatic rings. The molecule has 0 amide bonds. The number of benzene rings is 1. The van der Waals surface area contributed by atoms with Gasteiger partial charge >= 0.3 is 5.97 Å². The summed E-state index contributed by atoms with van der Waals surface area (Å²) < 4.78 is 0. The number of aromatic hydroxyl groups is 2. The molecular formula is C10H13NO4. The molecule has 0 fully saturated rings. The predicted molar refractivity (Wildman–Crippen MR) is 54.7 cm³/mol. The number of rotatable bonds is 3. The lowest BCUT2D eigenvalue weighted by Crippen LogP contribution is -2.12. The van der Waals surface area contributed by atoms with Crippen molar-refractivity contribution in [3.63, 3.8) is 0 Å². The van der Waals surface area contributed by atoms with Crippen LogP contribution in [0.5, 0.6) is 11.5 Å². The van der Waals surface area contributed by atoms with Crippen LogP contribution in [0.4, 0.5) is 5.69 Å². The van der Waals surface area contributed by atoms with E-state index in [-0.39, 0.29) is 23.6 Å². The smallest absolute Gasteiger partial charge is 0.306 e. The molecule has 5 heteroatoms. The number of carbonyl (C=O) groups is 1. The van der Waals surface area contributed by atoms with E-state index in [0.717, 1.165) is 0 Å². The van der Waals surface area contributed by atoms with Crippen molar-refractivity contribution in [1.29, 1.82) is 0 Å². The van der Waals surface area contributed by atoms with E-state index in [0.29, 0.717) is 5.56 Å². The number of hydrogen-bond acceptors (Lipinski definition) is 4. The maximum Gasteiger partial charge on any atom is 0.306 e. The molecule has 0 heterocycles. The van der Waals surface area contributed by atoms with Gasteiger partial charge in [0.15, 0.2) is 0 Å². The van der Waals surface area contributed by atoms with Crippen LogP contribution in [0.1, 0.15) is 12.5 Å². The topological polar surface area (TPSA) is 104 Å². The molecule has 1 unspecified atom stereocenters. The summed E-state index contributed by atoms with van der Waals surface area (Å²) >= 11 is 0. The van der Waals surface area contributed by atoms with Gasteiger partial charge in [0.1, 0.15) is 11.5 Å². The van der Waals surface area contributed by atoms with E-state index in [2.05, 4.69) is 0 Å². The number of nitrogens with two attached hydrogens (primary N) is 1. The third-order valence-corrected chi connectivity index (χ3v) is 2.15. The van der Waals surface area contributed by atoms with Crippen molar-refractivity contribution < 1.29 is 20.1 Å². The zero-order chi connectivity index (χ0) is 11.6. The first-order valence-corrected chi connectivity index (χ1v) is 4.45. The molecule has 0 bridgehead atoms. The molecule has 0 aliphatic heterocycles. The Bertz CT molecular complexity index is 389. The van der Waals surface area contributed by atoms with E-state index >= 15 is 0 Å². The molecule has 15 heavy (non-hydrogen) atoms. The van der Waals surface area contributed by atoms with Crippen molar-refractivity contribution >= 4 is 11.7 Å². The maximum absolute atomic E-state index is 10.6. The zero-order valence-corrected chi connectivity index (χ0v) is 8.27. The average Bonchev–Trinajstić information content (AvgIpc) is 2.13. The molecule has 0 saturated carbocycles. The molecule has 0 aromatic heterocycles. The minimum Gasteiger partial charge on any atom is -0.508 e. The largest absolute Gasteiger partial charge is 0.508 e. The number of hydrogen-bond donors (Lipinski definition) is 4. The van der Waals surface area contributed by atoms with E-state index < -0.39 is 11.9 Å². The lowest BCUT2D eigenvalue weighted by atomic mass is 9.99. The molecule has 5 N–H and O–H groups in total. The summed E-state index contributed by atoms with van der Waals surface area (Å²) in [5, 5.41) is 27.5. The van der Waals surface area contributed by atoms with E-state index in [1.165, 1.54) is 19.1 Å². The second-order valence-corrected chi connectivity index (χ2v) is 3.49. The highest BCUT2D eigenvalue weighted by molar-refractivity contribution is 5.70. The Morgan fingerprint density at radius 3 is 2.60 bits per heavy atom. The van der Waals surface area contributed by atoms with Crippen LogP contribution < -0.4 is 5.73 Å². The molecule has 0 aliphatic carbocycles. The lowest BCUT2D eigenvalue weighted by Gasteiger charge is -2.10. The fourth-order valence-electron chi connectivity index (χ4n) is 1.27. The van der Waals surface area contributed by atoms with Crippen molar-refractivity contribution in [1.82, 2.24) is 0 Å². The van der Waals surface area contributed by atoms with Crippen molar-refractivity contribution in [2.75, 3.05) is 5.73 Å². The average molecular weight is 211 g/mol. The highest BCUT2D eigenvalue weighted by atomic mass is 16.4. The van der Waals surface area contributed by atoms with Gasteiger partial charge in [0.2, 0.25) is 0 Å². The first-order valence-electron chi connectivity index (χ1n) is 4.45. The van der Waals surface area contributed by atoms with Gasteiger partial charge in [-0.15, -0.1) is 0 Å². The van der Waals surface area contributed by atoms with Crippen LogP contribution in [0.15, 0.2) is 12.1 Å². The van der Waals surface area contributed by atoms with Crippen LogP contribution in [-0.4, -0.2) is 21.3 Å². The minimum absolute atomic E-state index is 0.0441. The van der Waals surface area contributed by atoms with Crippen molar-refractivity contribution in [3.05, 3.63) is 17.7 Å². The van der Waals surface area contributed by atoms with E-state index in [9.17, 15) is 15.0 Å². The molecule has 5 nitrogen and oxygen atoms in total. The summed E-state index contributed by atoms with van der Waals surface area (Å²) in [6.45, 7) is 1.52. The minimum atomic E-state index is -0.962. The highest BCUT2D eigenvalue weighted by Crippen LogP contribution is 2.31. The molecule has 0 saturated heterocycles. The lowest BCUT2D eigenvalue weighted by molar-refractivity contribution is -0.141. The standard InChI is InChI=1S/C10H13NO4/c1-5(10(14)15)2-6-3-7(12)4-8(11)9(6)13/h3-5,12-13H,2,11H2,1H3,(H,14,15). The molecule has 1 atom stereocenters. The SMILES string of the molecule is CC(Cc1cc(O)cc(N)c1O)C(=O)O. The van der Waals surface area contributed by atoms with Crippen LogP contribution in [0.2, 0.25) is 0 Å². The molecule has 1 aromatic rings. The van der Waals surface area contributed by atoms with Gasteiger partial charge in [-0.3, -0.25) is 4.79 Å². The number of nitrogen functional groups attached to an aromatic ring is 1. The summed E-state index contributed by atoms with van der Waals surface area (Å²) in [4.78, 5) is 10.6. The summed E-state index contributed by atoms with van der Waals surface area (Å²) in [7, 11) is 0. The fraction of sp³-hybridized carbons (Fsp3) is 0.300. The molecule has 82 valence electrons. The Morgan fingerprint density at radius 2 is 2.07 bits per heavy atom. The molecule has 0 radical (unpaired) electrons. The molecule has 1 aromatic carbocycles. The Morgan fingerprint density at radius 1 is 1.47 bits per heavy atom. The second-order valence-electron chi connectivity index (χ2n) is 3.49. The third-order valence-electron chi connectivity index (χ3n) is 2.15. The van der Waals surface area contributed by atoms with Crippen molar-refractivity contribution in [3.8, 4) is 11.5 Å². The predicted octanol–water partition coefficient (Wildman–Crippen LogP) is 0.943. The first-order chi connectivity index (χ1) is 6.91. The summed E-state index contributed by atoms with van der Waals surface area (Å²) in [6, 6.07) is 2.52. The Hall–Kier alpha value is -1.91. The van der Waals surface area contributed by atoms with Gasteiger partial charge in [0.25, 0.3) is 0 Å². The van der Waals surface area contributed by atoms with E-state index in [4.69, 9.17) is 10.8 Å². The van der Waals surface area contributed by atoms with Gasteiger partial charge in [-0.1, -0.05) is 6.92 Å². The summed E-state index contributed by atoms with van der Waals surface area (Å²) in [5.41, 5.74) is 5.80. The highest BCUT2D eigenvalue weighted by Gasteiger charge is 2.16. The van der Waals surface area contributed by atoms with Gasteiger partial charge in [-0.25, -0.2) is 0 Å². The molecule has 0 spiro atoms. The van der Waals surface area contributed by atoms with Gasteiger partial charge in [-0.2, -0.15) is 0 Å². The number of anilines is 1. The van der Waals surface area contributed by atoms with Crippen LogP contribution in [0, 0.1) is 5.92 Å². The Balaban J connectivity index is 2.99. The second kappa shape index (κ2) is 4.08. The van der Waals surface area contributed by atoms with Gasteiger partial charge in [0, 0.05) is 11.6 Å². The maximum atomic E-state index is 10.6. The number of phenolic OH excluding ortho intramolecular Hbond substituents is 2. The van der Waals surface area contributed by atoms with Gasteiger partial charge in [0.05, 0.1) is 11.6 Å². The molecular weight excluding hydrogens is 198 g/mol. The van der Waals surface area contributed by atoms with E-state index in [1.807, 2.05) is 0 Å².